The Morgan fingerprint density at radius 2 is 2.07 bits per heavy atom. The second-order valence-corrected chi connectivity index (χ2v) is 13.3. The van der Waals surface area contributed by atoms with Gasteiger partial charge in [0, 0.05) is 49.1 Å². The maximum Gasteiger partial charge on any atom is 0.319 e. The molecule has 2 aromatic carbocycles. The van der Waals surface area contributed by atoms with Crippen LogP contribution < -0.4 is 9.64 Å². The van der Waals surface area contributed by atoms with Gasteiger partial charge in [-0.05, 0) is 72.5 Å². The molecular formula is C34H37F2N5O2S. The number of fused-ring (bicyclic) bond motifs is 3. The molecule has 7 rings (SSSR count). The Balaban J connectivity index is 1.40. The number of aromatic nitrogens is 3. The van der Waals surface area contributed by atoms with Crippen LogP contribution in [0.25, 0.3) is 39.0 Å². The third-order valence-electron chi connectivity index (χ3n) is 9.46. The Bertz CT molecular complexity index is 1740. The summed E-state index contributed by atoms with van der Waals surface area (Å²) in [5.74, 6) is 2.60. The summed E-state index contributed by atoms with van der Waals surface area (Å²) in [6.45, 7) is 9.39. The Morgan fingerprint density at radius 3 is 2.91 bits per heavy atom. The van der Waals surface area contributed by atoms with Crippen LogP contribution in [0, 0.1) is 5.82 Å². The number of anilines is 1. The highest BCUT2D eigenvalue weighted by Gasteiger charge is 2.49. The summed E-state index contributed by atoms with van der Waals surface area (Å²) < 4.78 is 35.9. The molecule has 2 aromatic heterocycles. The molecule has 3 aliphatic rings. The molecule has 5 heterocycles. The smallest absolute Gasteiger partial charge is 0.319 e. The van der Waals surface area contributed by atoms with E-state index in [0.717, 1.165) is 67.0 Å². The van der Waals surface area contributed by atoms with Gasteiger partial charge >= 0.3 is 6.01 Å². The maximum absolute atomic E-state index is 15.1. The summed E-state index contributed by atoms with van der Waals surface area (Å²) >= 11 is 1.93. The quantitative estimate of drug-likeness (QED) is 0.243. The first-order valence-electron chi connectivity index (χ1n) is 15.5. The molecule has 0 aliphatic carbocycles. The van der Waals surface area contributed by atoms with Crippen LogP contribution >= 0.6 is 11.8 Å². The monoisotopic (exact) mass is 617 g/mol. The van der Waals surface area contributed by atoms with E-state index in [1.165, 1.54) is 6.07 Å². The van der Waals surface area contributed by atoms with Crippen molar-refractivity contribution in [1.82, 2.24) is 19.9 Å². The van der Waals surface area contributed by atoms with Gasteiger partial charge in [-0.2, -0.15) is 21.7 Å². The Morgan fingerprint density at radius 1 is 1.18 bits per heavy atom. The van der Waals surface area contributed by atoms with E-state index in [1.54, 1.807) is 30.5 Å². The molecule has 7 nitrogen and oxygen atoms in total. The molecular weight excluding hydrogens is 580 g/mol. The molecule has 230 valence electrons. The second-order valence-electron chi connectivity index (χ2n) is 12.1. The first-order chi connectivity index (χ1) is 21.4. The van der Waals surface area contributed by atoms with E-state index in [9.17, 15) is 9.50 Å². The van der Waals surface area contributed by atoms with Crippen molar-refractivity contribution in [2.45, 2.75) is 50.7 Å². The minimum Gasteiger partial charge on any atom is -0.508 e. The van der Waals surface area contributed by atoms with Gasteiger partial charge in [0.05, 0.1) is 22.1 Å². The zero-order valence-electron chi connectivity index (χ0n) is 25.0. The van der Waals surface area contributed by atoms with Gasteiger partial charge in [-0.1, -0.05) is 25.6 Å². The second kappa shape index (κ2) is 11.8. The number of rotatable bonds is 7. The average molecular weight is 618 g/mol. The summed E-state index contributed by atoms with van der Waals surface area (Å²) in [5.41, 5.74) is 2.68. The first-order valence-corrected chi connectivity index (χ1v) is 16.7. The van der Waals surface area contributed by atoms with Crippen LogP contribution in [0.1, 0.15) is 43.7 Å². The van der Waals surface area contributed by atoms with E-state index < -0.39 is 6.17 Å². The molecule has 3 aliphatic heterocycles. The van der Waals surface area contributed by atoms with Gasteiger partial charge in [0.15, 0.2) is 0 Å². The Labute approximate surface area is 260 Å². The highest BCUT2D eigenvalue weighted by molar-refractivity contribution is 7.99. The van der Waals surface area contributed by atoms with Crippen LogP contribution in [-0.2, 0) is 6.42 Å². The summed E-state index contributed by atoms with van der Waals surface area (Å²) in [7, 11) is 0. The van der Waals surface area contributed by atoms with Crippen molar-refractivity contribution in [3.05, 3.63) is 54.0 Å². The third-order valence-corrected chi connectivity index (χ3v) is 10.5. The van der Waals surface area contributed by atoms with Crippen molar-refractivity contribution in [3.63, 3.8) is 0 Å². The number of benzene rings is 2. The van der Waals surface area contributed by atoms with Gasteiger partial charge < -0.3 is 14.7 Å². The number of thioether (sulfide) groups is 1. The van der Waals surface area contributed by atoms with E-state index >= 15 is 4.39 Å². The lowest BCUT2D eigenvalue weighted by atomic mass is 9.92. The van der Waals surface area contributed by atoms with Gasteiger partial charge in [-0.25, -0.2) is 8.78 Å². The number of nitrogens with zero attached hydrogens (tertiary/aromatic N) is 5. The largest absolute Gasteiger partial charge is 0.508 e. The number of phenolic OH excluding ortho intramolecular Hbond substituents is 1. The lowest BCUT2D eigenvalue weighted by Gasteiger charge is -2.31. The average Bonchev–Trinajstić information content (AvgIpc) is 3.40. The molecule has 2 atom stereocenters. The van der Waals surface area contributed by atoms with Gasteiger partial charge in [0.2, 0.25) is 0 Å². The summed E-state index contributed by atoms with van der Waals surface area (Å²) in [6.07, 6.45) is 6.53. The standard InChI is InChI=1S/C34H37F2N5O2S/c1-3-24-28(36)8-7-21-15-23(42)16-26(29(21)24)30-25(4-2)31-27(18-37-30)32(40-10-6-13-44-14-12-40)39-33(38-31)43-20-34-9-5-11-41(34)19-22(35)17-34/h4,7-8,15-16,18,22,42H,2-3,5-6,9-14,17,19-20H2,1H3/t22-,34+/m1/s1. The fourth-order valence-corrected chi connectivity index (χ4v) is 8.31. The number of phenols is 1. The van der Waals surface area contributed by atoms with Gasteiger partial charge in [-0.15, -0.1) is 0 Å². The van der Waals surface area contributed by atoms with Gasteiger partial charge in [0.1, 0.15) is 30.2 Å². The van der Waals surface area contributed by atoms with E-state index in [2.05, 4.69) is 16.4 Å². The normalized spacial score (nSPS) is 22.4. The molecule has 44 heavy (non-hydrogen) atoms. The molecule has 0 bridgehead atoms. The number of ether oxygens (including phenoxy) is 1. The SMILES string of the molecule is C=Cc1c(-c2cc(O)cc3ccc(F)c(CC)c23)ncc2c(N3CCCSCC3)nc(OC[C@@]34CCCN3C[C@H](F)C4)nc12. The summed E-state index contributed by atoms with van der Waals surface area (Å²) in [4.78, 5) is 19.3. The van der Waals surface area contributed by atoms with Gasteiger partial charge in [0.25, 0.3) is 0 Å². The number of aryl methyl sites for hydroxylation is 1. The van der Waals surface area contributed by atoms with Crippen LogP contribution in [0.4, 0.5) is 14.6 Å². The molecule has 0 amide bonds. The fraction of sp³-hybridized carbons (Fsp3) is 0.441. The molecule has 4 aromatic rings. The number of halogens is 2. The summed E-state index contributed by atoms with van der Waals surface area (Å²) in [5, 5.41) is 12.9. The van der Waals surface area contributed by atoms with Crippen molar-refractivity contribution >= 4 is 45.3 Å². The predicted molar refractivity (Wildman–Crippen MR) is 174 cm³/mol. The Kier molecular flexibility index (Phi) is 7.82. The molecule has 10 heteroatoms. The van der Waals surface area contributed by atoms with E-state index in [1.807, 2.05) is 18.7 Å². The van der Waals surface area contributed by atoms with Crippen molar-refractivity contribution < 1.29 is 18.6 Å². The lowest BCUT2D eigenvalue weighted by Crippen LogP contribution is -2.43. The third kappa shape index (κ3) is 5.05. The summed E-state index contributed by atoms with van der Waals surface area (Å²) in [6, 6.07) is 6.65. The van der Waals surface area contributed by atoms with Crippen LogP contribution in [0.15, 0.2) is 37.0 Å². The van der Waals surface area contributed by atoms with Crippen molar-refractivity contribution in [1.29, 1.82) is 0 Å². The number of hydrogen-bond acceptors (Lipinski definition) is 8. The molecule has 0 spiro atoms. The highest BCUT2D eigenvalue weighted by atomic mass is 32.2. The zero-order valence-corrected chi connectivity index (χ0v) is 25.8. The topological polar surface area (TPSA) is 74.6 Å². The van der Waals surface area contributed by atoms with Crippen LogP contribution in [-0.4, -0.2) is 81.0 Å². The van der Waals surface area contributed by atoms with Crippen LogP contribution in [0.2, 0.25) is 0 Å². The number of hydrogen-bond donors (Lipinski definition) is 1. The van der Waals surface area contributed by atoms with Crippen molar-refractivity contribution in [2.24, 2.45) is 0 Å². The Hall–Kier alpha value is -3.50. The van der Waals surface area contributed by atoms with Crippen LogP contribution in [0.3, 0.4) is 0 Å². The predicted octanol–water partition coefficient (Wildman–Crippen LogP) is 6.79. The molecule has 0 radical (unpaired) electrons. The highest BCUT2D eigenvalue weighted by Crippen LogP contribution is 2.42. The zero-order chi connectivity index (χ0) is 30.4. The number of alkyl halides is 1. The van der Waals surface area contributed by atoms with Gasteiger partial charge in [-0.3, -0.25) is 9.88 Å². The van der Waals surface area contributed by atoms with Crippen molar-refractivity contribution in [2.75, 3.05) is 49.2 Å². The molecule has 1 N–H and O–H groups in total. The molecule has 0 unspecified atom stereocenters. The minimum atomic E-state index is -0.849. The lowest BCUT2D eigenvalue weighted by molar-refractivity contribution is 0.107. The molecule has 3 saturated heterocycles. The van der Waals surface area contributed by atoms with E-state index in [0.29, 0.717) is 59.3 Å². The maximum atomic E-state index is 15.1. The minimum absolute atomic E-state index is 0.0654. The molecule has 3 fully saturated rings. The van der Waals surface area contributed by atoms with E-state index in [4.69, 9.17) is 19.7 Å². The number of aromatic hydroxyl groups is 1. The van der Waals surface area contributed by atoms with E-state index in [-0.39, 0.29) is 23.1 Å². The number of pyridine rings is 1. The molecule has 0 saturated carbocycles. The van der Waals surface area contributed by atoms with Crippen LogP contribution in [0.5, 0.6) is 11.8 Å². The first kappa shape index (κ1) is 29.2. The van der Waals surface area contributed by atoms with Crippen molar-refractivity contribution in [3.8, 4) is 23.0 Å². The fourth-order valence-electron chi connectivity index (χ4n) is 7.42.